The lowest BCUT2D eigenvalue weighted by atomic mass is 9.94. The highest BCUT2D eigenvalue weighted by Crippen LogP contribution is 2.25. The molecule has 142 valence electrons. The monoisotopic (exact) mass is 360 g/mol. The number of nitrogens with zero attached hydrogens (tertiary/aromatic N) is 2. The van der Waals surface area contributed by atoms with Gasteiger partial charge in [-0.3, -0.25) is 9.59 Å². The van der Waals surface area contributed by atoms with Crippen molar-refractivity contribution in [1.29, 1.82) is 0 Å². The van der Waals surface area contributed by atoms with Crippen molar-refractivity contribution in [2.75, 3.05) is 20.1 Å². The molecule has 0 aromatic heterocycles. The molecule has 1 unspecified atom stereocenters. The van der Waals surface area contributed by atoms with Crippen molar-refractivity contribution in [2.24, 2.45) is 5.92 Å². The third kappa shape index (κ3) is 4.43. The molecular weight excluding hydrogens is 331 g/mol. The van der Waals surface area contributed by atoms with Gasteiger partial charge < -0.3 is 9.80 Å². The fraction of sp³-hybridized carbons (Fsp3) is 0.619. The summed E-state index contributed by atoms with van der Waals surface area (Å²) < 4.78 is 13.1. The molecule has 1 aromatic rings. The number of piperidine rings is 1. The van der Waals surface area contributed by atoms with Crippen LogP contribution >= 0.6 is 0 Å². The molecule has 1 aromatic carbocycles. The minimum Gasteiger partial charge on any atom is -0.342 e. The Morgan fingerprint density at radius 3 is 2.31 bits per heavy atom. The number of hydrogen-bond donors (Lipinski definition) is 0. The van der Waals surface area contributed by atoms with Crippen LogP contribution in [0.4, 0.5) is 4.39 Å². The molecule has 1 heterocycles. The van der Waals surface area contributed by atoms with Crippen molar-refractivity contribution in [3.8, 4) is 0 Å². The molecule has 5 heteroatoms. The van der Waals surface area contributed by atoms with Crippen LogP contribution in [0, 0.1) is 11.7 Å². The second kappa shape index (κ2) is 8.65. The largest absolute Gasteiger partial charge is 0.342 e. The van der Waals surface area contributed by atoms with Crippen LogP contribution < -0.4 is 0 Å². The molecule has 0 spiro atoms. The Balaban J connectivity index is 1.62. The zero-order valence-electron chi connectivity index (χ0n) is 15.6. The van der Waals surface area contributed by atoms with E-state index in [4.69, 9.17) is 0 Å². The molecule has 1 aliphatic heterocycles. The van der Waals surface area contributed by atoms with Gasteiger partial charge in [-0.25, -0.2) is 4.39 Å². The molecule has 0 N–H and O–H groups in total. The van der Waals surface area contributed by atoms with E-state index < -0.39 is 0 Å². The van der Waals surface area contributed by atoms with Crippen LogP contribution in [-0.4, -0.2) is 47.8 Å². The van der Waals surface area contributed by atoms with E-state index in [1.54, 1.807) is 4.90 Å². The number of likely N-dealkylation sites (tertiary alicyclic amines) is 1. The molecule has 0 bridgehead atoms. The van der Waals surface area contributed by atoms with Gasteiger partial charge in [0, 0.05) is 31.7 Å². The molecule has 26 heavy (non-hydrogen) atoms. The van der Waals surface area contributed by atoms with Crippen LogP contribution in [-0.2, 0) is 4.79 Å². The first-order valence-electron chi connectivity index (χ1n) is 9.88. The lowest BCUT2D eigenvalue weighted by molar-refractivity contribution is -0.138. The van der Waals surface area contributed by atoms with Crippen molar-refractivity contribution < 1.29 is 14.0 Å². The van der Waals surface area contributed by atoms with Crippen LogP contribution in [0.1, 0.15) is 61.7 Å². The fourth-order valence-corrected chi connectivity index (χ4v) is 4.25. The highest BCUT2D eigenvalue weighted by Gasteiger charge is 2.32. The highest BCUT2D eigenvalue weighted by molar-refractivity contribution is 5.94. The van der Waals surface area contributed by atoms with E-state index in [1.165, 1.54) is 49.9 Å². The molecule has 1 saturated heterocycles. The molecule has 1 atom stereocenters. The lowest BCUT2D eigenvalue weighted by Crippen LogP contribution is -2.48. The van der Waals surface area contributed by atoms with E-state index in [0.29, 0.717) is 24.7 Å². The molecule has 1 saturated carbocycles. The maximum atomic E-state index is 13.1. The van der Waals surface area contributed by atoms with Crippen LogP contribution in [0.15, 0.2) is 24.3 Å². The van der Waals surface area contributed by atoms with E-state index in [0.717, 1.165) is 25.7 Å². The number of benzene rings is 1. The summed E-state index contributed by atoms with van der Waals surface area (Å²) in [5, 5.41) is 0. The summed E-state index contributed by atoms with van der Waals surface area (Å²) in [6.45, 7) is 1.12. The minimum absolute atomic E-state index is 0.111. The maximum Gasteiger partial charge on any atom is 0.253 e. The summed E-state index contributed by atoms with van der Waals surface area (Å²) in [4.78, 5) is 29.4. The molecule has 2 aliphatic rings. The van der Waals surface area contributed by atoms with E-state index in [2.05, 4.69) is 0 Å². The Labute approximate surface area is 155 Å². The number of rotatable bonds is 3. The second-order valence-corrected chi connectivity index (χ2v) is 7.69. The standard InChI is InChI=1S/C21H29FN2O2/c1-23(19-8-4-2-3-5-9-19)20(25)17-7-6-14-24(15-17)21(26)16-10-12-18(22)13-11-16/h10-13,17,19H,2-9,14-15H2,1H3. The number of halogens is 1. The van der Waals surface area contributed by atoms with Gasteiger partial charge in [-0.05, 0) is 49.9 Å². The number of hydrogen-bond acceptors (Lipinski definition) is 2. The van der Waals surface area contributed by atoms with Crippen LogP contribution in [0.5, 0.6) is 0 Å². The second-order valence-electron chi connectivity index (χ2n) is 7.69. The Morgan fingerprint density at radius 2 is 1.65 bits per heavy atom. The number of amides is 2. The first kappa shape index (κ1) is 18.9. The summed E-state index contributed by atoms with van der Waals surface area (Å²) in [6, 6.07) is 5.98. The Morgan fingerprint density at radius 1 is 1.00 bits per heavy atom. The summed E-state index contributed by atoms with van der Waals surface area (Å²) in [7, 11) is 1.93. The van der Waals surface area contributed by atoms with Gasteiger partial charge in [0.15, 0.2) is 0 Å². The van der Waals surface area contributed by atoms with Crippen LogP contribution in [0.3, 0.4) is 0 Å². The molecule has 1 aliphatic carbocycles. The van der Waals surface area contributed by atoms with E-state index in [-0.39, 0.29) is 23.5 Å². The smallest absolute Gasteiger partial charge is 0.253 e. The van der Waals surface area contributed by atoms with Gasteiger partial charge in [0.05, 0.1) is 5.92 Å². The predicted molar refractivity (Wildman–Crippen MR) is 99.3 cm³/mol. The minimum atomic E-state index is -0.349. The summed E-state index contributed by atoms with van der Waals surface area (Å²) >= 11 is 0. The first-order valence-corrected chi connectivity index (χ1v) is 9.88. The average molecular weight is 360 g/mol. The van der Waals surface area contributed by atoms with Gasteiger partial charge in [0.25, 0.3) is 5.91 Å². The number of carbonyl (C=O) groups is 2. The van der Waals surface area contributed by atoms with Crippen molar-refractivity contribution in [3.63, 3.8) is 0 Å². The van der Waals surface area contributed by atoms with Gasteiger partial charge in [-0.1, -0.05) is 25.7 Å². The summed E-state index contributed by atoms with van der Waals surface area (Å²) in [5.74, 6) is -0.409. The quantitative estimate of drug-likeness (QED) is 0.768. The summed E-state index contributed by atoms with van der Waals surface area (Å²) in [6.07, 6.45) is 8.78. The molecular formula is C21H29FN2O2. The Hall–Kier alpha value is -1.91. The molecule has 3 rings (SSSR count). The van der Waals surface area contributed by atoms with E-state index in [9.17, 15) is 14.0 Å². The molecule has 2 fully saturated rings. The van der Waals surface area contributed by atoms with E-state index in [1.807, 2.05) is 11.9 Å². The zero-order chi connectivity index (χ0) is 18.5. The van der Waals surface area contributed by atoms with Gasteiger partial charge in [0.2, 0.25) is 5.91 Å². The van der Waals surface area contributed by atoms with Gasteiger partial charge >= 0.3 is 0 Å². The van der Waals surface area contributed by atoms with Gasteiger partial charge in [-0.15, -0.1) is 0 Å². The first-order chi connectivity index (χ1) is 12.6. The maximum absolute atomic E-state index is 13.1. The Kier molecular flexibility index (Phi) is 6.28. The fourth-order valence-electron chi connectivity index (χ4n) is 4.25. The van der Waals surface area contributed by atoms with Crippen molar-refractivity contribution in [1.82, 2.24) is 9.80 Å². The Bertz CT molecular complexity index is 623. The summed E-state index contributed by atoms with van der Waals surface area (Å²) in [5.41, 5.74) is 0.483. The van der Waals surface area contributed by atoms with Crippen molar-refractivity contribution in [2.45, 2.75) is 57.4 Å². The molecule has 0 radical (unpaired) electrons. The molecule has 4 nitrogen and oxygen atoms in total. The van der Waals surface area contributed by atoms with Gasteiger partial charge in [-0.2, -0.15) is 0 Å². The average Bonchev–Trinajstić information content (AvgIpc) is 2.96. The van der Waals surface area contributed by atoms with Crippen molar-refractivity contribution in [3.05, 3.63) is 35.6 Å². The third-order valence-corrected chi connectivity index (χ3v) is 5.87. The lowest BCUT2D eigenvalue weighted by Gasteiger charge is -2.36. The highest BCUT2D eigenvalue weighted by atomic mass is 19.1. The number of carbonyl (C=O) groups excluding carboxylic acids is 2. The van der Waals surface area contributed by atoms with Crippen molar-refractivity contribution >= 4 is 11.8 Å². The topological polar surface area (TPSA) is 40.6 Å². The SMILES string of the molecule is CN(C(=O)C1CCCN(C(=O)c2ccc(F)cc2)C1)C1CCCCCC1. The zero-order valence-corrected chi connectivity index (χ0v) is 15.6. The van der Waals surface area contributed by atoms with Crippen LogP contribution in [0.2, 0.25) is 0 Å². The third-order valence-electron chi connectivity index (χ3n) is 5.87. The normalized spacial score (nSPS) is 21.9. The van der Waals surface area contributed by atoms with E-state index >= 15 is 0 Å². The van der Waals surface area contributed by atoms with Crippen LogP contribution in [0.25, 0.3) is 0 Å². The molecule has 2 amide bonds. The van der Waals surface area contributed by atoms with Gasteiger partial charge in [0.1, 0.15) is 5.82 Å². The predicted octanol–water partition coefficient (Wildman–Crippen LogP) is 3.86.